The molecule has 0 radical (unpaired) electrons. The Morgan fingerprint density at radius 2 is 1.81 bits per heavy atom. The Morgan fingerprint density at radius 3 is 2.48 bits per heavy atom. The Balaban J connectivity index is 1.59. The third kappa shape index (κ3) is 3.24. The van der Waals surface area contributed by atoms with Crippen LogP contribution < -0.4 is 10.1 Å². The van der Waals surface area contributed by atoms with Gasteiger partial charge in [0.15, 0.2) is 0 Å². The Bertz CT molecular complexity index is 618. The minimum atomic E-state index is 0.565. The van der Waals surface area contributed by atoms with Crippen molar-refractivity contribution in [1.82, 2.24) is 0 Å². The normalized spacial score (nSPS) is 20.7. The van der Waals surface area contributed by atoms with E-state index in [2.05, 4.69) is 58.5 Å². The summed E-state index contributed by atoms with van der Waals surface area (Å²) in [5.74, 6) is 1.59. The van der Waals surface area contributed by atoms with Crippen molar-refractivity contribution in [1.29, 1.82) is 0 Å². The number of ether oxygens (including phenoxy) is 1. The van der Waals surface area contributed by atoms with Gasteiger partial charge in [0.25, 0.3) is 0 Å². The van der Waals surface area contributed by atoms with Crippen molar-refractivity contribution in [3.05, 3.63) is 58.1 Å². The predicted molar refractivity (Wildman–Crippen MR) is 91.3 cm³/mol. The number of halogens is 1. The highest BCUT2D eigenvalue weighted by molar-refractivity contribution is 9.10. The maximum absolute atomic E-state index is 5.21. The fourth-order valence-corrected chi connectivity index (χ4v) is 3.21. The van der Waals surface area contributed by atoms with E-state index in [1.54, 1.807) is 7.11 Å². The average molecular weight is 346 g/mol. The topological polar surface area (TPSA) is 21.3 Å². The molecule has 3 rings (SSSR count). The first kappa shape index (κ1) is 14.5. The summed E-state index contributed by atoms with van der Waals surface area (Å²) < 4.78 is 6.35. The van der Waals surface area contributed by atoms with Crippen LogP contribution in [0.2, 0.25) is 0 Å². The molecule has 0 aromatic heterocycles. The summed E-state index contributed by atoms with van der Waals surface area (Å²) in [6, 6.07) is 15.5. The molecule has 1 aliphatic carbocycles. The monoisotopic (exact) mass is 345 g/mol. The van der Waals surface area contributed by atoms with E-state index in [0.717, 1.165) is 10.2 Å². The fourth-order valence-electron chi connectivity index (χ4n) is 2.85. The van der Waals surface area contributed by atoms with Gasteiger partial charge < -0.3 is 10.1 Å². The summed E-state index contributed by atoms with van der Waals surface area (Å²) >= 11 is 3.61. The molecule has 0 bridgehead atoms. The standard InChI is InChI=1S/C18H20BrNO/c1-12-3-8-17(19)18(9-12)20-15-10-14(11-15)13-4-6-16(21-2)7-5-13/h3-9,14-15,20H,10-11H2,1-2H3. The highest BCUT2D eigenvalue weighted by Gasteiger charge is 2.30. The third-order valence-corrected chi connectivity index (χ3v) is 4.90. The van der Waals surface area contributed by atoms with E-state index < -0.39 is 0 Å². The molecule has 0 aliphatic heterocycles. The first-order chi connectivity index (χ1) is 10.2. The predicted octanol–water partition coefficient (Wildman–Crippen LogP) is 5.12. The van der Waals surface area contributed by atoms with Crippen molar-refractivity contribution >= 4 is 21.6 Å². The van der Waals surface area contributed by atoms with Crippen LogP contribution in [0.3, 0.4) is 0 Å². The summed E-state index contributed by atoms with van der Waals surface area (Å²) in [7, 11) is 1.71. The Kier molecular flexibility index (Phi) is 4.20. The van der Waals surface area contributed by atoms with Crippen LogP contribution in [0.1, 0.15) is 29.9 Å². The molecule has 0 unspecified atom stereocenters. The van der Waals surface area contributed by atoms with Crippen LogP contribution in [-0.4, -0.2) is 13.2 Å². The van der Waals surface area contributed by atoms with Crippen LogP contribution in [0.4, 0.5) is 5.69 Å². The molecule has 21 heavy (non-hydrogen) atoms. The van der Waals surface area contributed by atoms with E-state index >= 15 is 0 Å². The zero-order chi connectivity index (χ0) is 14.8. The third-order valence-electron chi connectivity index (χ3n) is 4.21. The molecule has 0 spiro atoms. The second-order valence-electron chi connectivity index (χ2n) is 5.77. The maximum Gasteiger partial charge on any atom is 0.118 e. The van der Waals surface area contributed by atoms with E-state index in [9.17, 15) is 0 Å². The largest absolute Gasteiger partial charge is 0.497 e. The van der Waals surface area contributed by atoms with Gasteiger partial charge in [-0.2, -0.15) is 0 Å². The zero-order valence-electron chi connectivity index (χ0n) is 12.4. The van der Waals surface area contributed by atoms with Crippen LogP contribution >= 0.6 is 15.9 Å². The molecule has 3 heteroatoms. The summed E-state index contributed by atoms with van der Waals surface area (Å²) in [6.45, 7) is 2.12. The molecule has 2 aromatic carbocycles. The molecule has 1 saturated carbocycles. The van der Waals surface area contributed by atoms with Crippen LogP contribution in [0.5, 0.6) is 5.75 Å². The molecular weight excluding hydrogens is 326 g/mol. The second-order valence-corrected chi connectivity index (χ2v) is 6.62. The van der Waals surface area contributed by atoms with Gasteiger partial charge >= 0.3 is 0 Å². The van der Waals surface area contributed by atoms with Crippen molar-refractivity contribution in [3.63, 3.8) is 0 Å². The first-order valence-electron chi connectivity index (χ1n) is 7.32. The van der Waals surface area contributed by atoms with Gasteiger partial charge in [-0.25, -0.2) is 0 Å². The Hall–Kier alpha value is -1.48. The van der Waals surface area contributed by atoms with Crippen molar-refractivity contribution in [2.45, 2.75) is 31.7 Å². The molecule has 0 saturated heterocycles. The van der Waals surface area contributed by atoms with Gasteiger partial charge in [0, 0.05) is 16.2 Å². The first-order valence-corrected chi connectivity index (χ1v) is 8.11. The second kappa shape index (κ2) is 6.10. The highest BCUT2D eigenvalue weighted by Crippen LogP contribution is 2.39. The van der Waals surface area contributed by atoms with Gasteiger partial charge in [-0.1, -0.05) is 18.2 Å². The molecule has 2 aromatic rings. The number of aryl methyl sites for hydroxylation is 1. The van der Waals surface area contributed by atoms with Crippen molar-refractivity contribution in [2.75, 3.05) is 12.4 Å². The molecule has 1 N–H and O–H groups in total. The van der Waals surface area contributed by atoms with Crippen LogP contribution in [0.25, 0.3) is 0 Å². The molecular formula is C18H20BrNO. The lowest BCUT2D eigenvalue weighted by molar-refractivity contribution is 0.373. The van der Waals surface area contributed by atoms with E-state index in [0.29, 0.717) is 12.0 Å². The van der Waals surface area contributed by atoms with Gasteiger partial charge in [0.1, 0.15) is 5.75 Å². The van der Waals surface area contributed by atoms with Gasteiger partial charge in [-0.05, 0) is 77.0 Å². The minimum Gasteiger partial charge on any atom is -0.497 e. The maximum atomic E-state index is 5.21. The Labute approximate surface area is 134 Å². The lowest BCUT2D eigenvalue weighted by atomic mass is 9.76. The van der Waals surface area contributed by atoms with E-state index in [1.165, 1.54) is 29.7 Å². The number of hydrogen-bond donors (Lipinski definition) is 1. The summed E-state index contributed by atoms with van der Waals surface area (Å²) in [5, 5.41) is 3.64. The quantitative estimate of drug-likeness (QED) is 0.829. The molecule has 1 aliphatic rings. The Morgan fingerprint density at radius 1 is 1.10 bits per heavy atom. The average Bonchev–Trinajstić information content (AvgIpc) is 2.46. The number of rotatable bonds is 4. The summed E-state index contributed by atoms with van der Waals surface area (Å²) in [5.41, 5.74) is 3.90. The number of methoxy groups -OCH3 is 1. The van der Waals surface area contributed by atoms with Crippen LogP contribution in [0, 0.1) is 6.92 Å². The summed E-state index contributed by atoms with van der Waals surface area (Å²) in [6.07, 6.45) is 2.37. The zero-order valence-corrected chi connectivity index (χ0v) is 14.0. The van der Waals surface area contributed by atoms with Crippen molar-refractivity contribution in [3.8, 4) is 5.75 Å². The number of anilines is 1. The molecule has 110 valence electrons. The smallest absolute Gasteiger partial charge is 0.118 e. The van der Waals surface area contributed by atoms with E-state index in [4.69, 9.17) is 4.74 Å². The minimum absolute atomic E-state index is 0.565. The lowest BCUT2D eigenvalue weighted by Crippen LogP contribution is -2.34. The van der Waals surface area contributed by atoms with Crippen molar-refractivity contribution < 1.29 is 4.74 Å². The fraction of sp³-hybridized carbons (Fsp3) is 0.333. The van der Waals surface area contributed by atoms with Crippen LogP contribution in [-0.2, 0) is 0 Å². The molecule has 1 fully saturated rings. The molecule has 2 nitrogen and oxygen atoms in total. The van der Waals surface area contributed by atoms with Gasteiger partial charge in [0.2, 0.25) is 0 Å². The number of hydrogen-bond acceptors (Lipinski definition) is 2. The van der Waals surface area contributed by atoms with E-state index in [-0.39, 0.29) is 0 Å². The highest BCUT2D eigenvalue weighted by atomic mass is 79.9. The van der Waals surface area contributed by atoms with Gasteiger partial charge in [0.05, 0.1) is 7.11 Å². The summed E-state index contributed by atoms with van der Waals surface area (Å²) in [4.78, 5) is 0. The number of nitrogens with one attached hydrogen (secondary N) is 1. The van der Waals surface area contributed by atoms with Crippen molar-refractivity contribution in [2.24, 2.45) is 0 Å². The molecule has 0 heterocycles. The number of benzene rings is 2. The SMILES string of the molecule is COc1ccc(C2CC(Nc3cc(C)ccc3Br)C2)cc1. The molecule has 0 atom stereocenters. The lowest BCUT2D eigenvalue weighted by Gasteiger charge is -2.37. The van der Waals surface area contributed by atoms with Crippen LogP contribution in [0.15, 0.2) is 46.9 Å². The van der Waals surface area contributed by atoms with Gasteiger partial charge in [-0.15, -0.1) is 0 Å². The molecule has 0 amide bonds. The van der Waals surface area contributed by atoms with E-state index in [1.807, 2.05) is 12.1 Å². The van der Waals surface area contributed by atoms with Gasteiger partial charge in [-0.3, -0.25) is 0 Å².